The van der Waals surface area contributed by atoms with Gasteiger partial charge in [-0.15, -0.1) is 0 Å². The molecule has 1 saturated heterocycles. The molecule has 1 N–H and O–H groups in total. The molecule has 0 spiro atoms. The van der Waals surface area contributed by atoms with Crippen molar-refractivity contribution in [3.63, 3.8) is 0 Å². The average molecular weight is 222 g/mol. The van der Waals surface area contributed by atoms with Crippen LogP contribution >= 0.6 is 0 Å². The molecular formula is C13H19FN2. The van der Waals surface area contributed by atoms with Gasteiger partial charge in [-0.1, -0.05) is 12.1 Å². The zero-order valence-electron chi connectivity index (χ0n) is 9.96. The smallest absolute Gasteiger partial charge is 0.126 e. The monoisotopic (exact) mass is 222 g/mol. The summed E-state index contributed by atoms with van der Waals surface area (Å²) in [6, 6.07) is 5.87. The fraction of sp³-hybridized carbons (Fsp3) is 0.538. The van der Waals surface area contributed by atoms with Gasteiger partial charge in [-0.05, 0) is 31.0 Å². The van der Waals surface area contributed by atoms with Crippen molar-refractivity contribution < 1.29 is 4.39 Å². The maximum atomic E-state index is 13.4. The topological polar surface area (TPSA) is 15.3 Å². The molecule has 0 radical (unpaired) electrons. The first kappa shape index (κ1) is 11.6. The summed E-state index contributed by atoms with van der Waals surface area (Å²) in [5.74, 6) is -0.0970. The highest BCUT2D eigenvalue weighted by Gasteiger charge is 2.18. The minimum absolute atomic E-state index is 0.0970. The molecule has 1 aromatic carbocycles. The fourth-order valence-electron chi connectivity index (χ4n) is 2.16. The van der Waals surface area contributed by atoms with Gasteiger partial charge in [-0.2, -0.15) is 0 Å². The predicted octanol–water partition coefficient (Wildman–Crippen LogP) is 1.93. The number of hydrogen-bond acceptors (Lipinski definition) is 2. The molecule has 3 heteroatoms. The van der Waals surface area contributed by atoms with Gasteiger partial charge in [0.25, 0.3) is 0 Å². The van der Waals surface area contributed by atoms with Crippen LogP contribution in [0.3, 0.4) is 0 Å². The van der Waals surface area contributed by atoms with E-state index in [0.29, 0.717) is 6.04 Å². The molecule has 2 rings (SSSR count). The highest BCUT2D eigenvalue weighted by Crippen LogP contribution is 2.16. The van der Waals surface area contributed by atoms with E-state index in [1.54, 1.807) is 6.07 Å². The molecule has 0 saturated carbocycles. The van der Waals surface area contributed by atoms with Crippen molar-refractivity contribution in [1.29, 1.82) is 0 Å². The lowest BCUT2D eigenvalue weighted by Gasteiger charge is -2.34. The number of rotatable bonds is 2. The Balaban J connectivity index is 2.10. The molecule has 88 valence electrons. The van der Waals surface area contributed by atoms with E-state index in [0.717, 1.165) is 37.3 Å². The summed E-state index contributed by atoms with van der Waals surface area (Å²) in [7, 11) is 0. The molecule has 0 aromatic heterocycles. The van der Waals surface area contributed by atoms with Crippen LogP contribution in [0.5, 0.6) is 0 Å². The minimum atomic E-state index is -0.0970. The van der Waals surface area contributed by atoms with E-state index >= 15 is 0 Å². The van der Waals surface area contributed by atoms with E-state index in [-0.39, 0.29) is 5.82 Å². The van der Waals surface area contributed by atoms with Crippen LogP contribution in [0.1, 0.15) is 18.1 Å². The Bertz CT molecular complexity index is 365. The quantitative estimate of drug-likeness (QED) is 0.822. The van der Waals surface area contributed by atoms with Gasteiger partial charge in [0.1, 0.15) is 5.82 Å². The Labute approximate surface area is 96.5 Å². The Kier molecular flexibility index (Phi) is 3.56. The maximum Gasteiger partial charge on any atom is 0.126 e. The second-order valence-electron chi connectivity index (χ2n) is 4.55. The van der Waals surface area contributed by atoms with Gasteiger partial charge in [0.05, 0.1) is 0 Å². The lowest BCUT2D eigenvalue weighted by Crippen LogP contribution is -2.49. The molecule has 0 aliphatic carbocycles. The lowest BCUT2D eigenvalue weighted by atomic mass is 10.1. The second-order valence-corrected chi connectivity index (χ2v) is 4.55. The highest BCUT2D eigenvalue weighted by atomic mass is 19.1. The molecule has 1 fully saturated rings. The van der Waals surface area contributed by atoms with Crippen LogP contribution < -0.4 is 5.32 Å². The largest absolute Gasteiger partial charge is 0.314 e. The minimum Gasteiger partial charge on any atom is -0.314 e. The Morgan fingerprint density at radius 2 is 2.31 bits per heavy atom. The normalized spacial score (nSPS) is 22.3. The van der Waals surface area contributed by atoms with Gasteiger partial charge in [-0.25, -0.2) is 4.39 Å². The number of piperazine rings is 1. The van der Waals surface area contributed by atoms with Gasteiger partial charge in [0.2, 0.25) is 0 Å². The third-order valence-corrected chi connectivity index (χ3v) is 3.39. The highest BCUT2D eigenvalue weighted by molar-refractivity contribution is 5.27. The number of nitrogens with zero attached hydrogens (tertiary/aromatic N) is 1. The van der Waals surface area contributed by atoms with Gasteiger partial charge in [0, 0.05) is 32.2 Å². The zero-order chi connectivity index (χ0) is 11.5. The molecule has 1 atom stereocenters. The van der Waals surface area contributed by atoms with Crippen molar-refractivity contribution in [3.05, 3.63) is 35.1 Å². The van der Waals surface area contributed by atoms with Crippen molar-refractivity contribution in [1.82, 2.24) is 10.2 Å². The fourth-order valence-corrected chi connectivity index (χ4v) is 2.16. The number of benzene rings is 1. The summed E-state index contributed by atoms with van der Waals surface area (Å²) >= 11 is 0. The Hall–Kier alpha value is -0.930. The van der Waals surface area contributed by atoms with Crippen molar-refractivity contribution in [2.24, 2.45) is 0 Å². The average Bonchev–Trinajstić information content (AvgIpc) is 2.28. The molecule has 16 heavy (non-hydrogen) atoms. The van der Waals surface area contributed by atoms with Crippen molar-refractivity contribution >= 4 is 0 Å². The van der Waals surface area contributed by atoms with Crippen molar-refractivity contribution in [2.45, 2.75) is 26.4 Å². The van der Waals surface area contributed by atoms with Gasteiger partial charge in [0.15, 0.2) is 0 Å². The molecule has 0 bridgehead atoms. The van der Waals surface area contributed by atoms with Gasteiger partial charge >= 0.3 is 0 Å². The second kappa shape index (κ2) is 4.93. The van der Waals surface area contributed by atoms with Crippen LogP contribution in [0.15, 0.2) is 18.2 Å². The maximum absolute atomic E-state index is 13.4. The van der Waals surface area contributed by atoms with E-state index in [9.17, 15) is 4.39 Å². The van der Waals surface area contributed by atoms with Crippen LogP contribution in [-0.2, 0) is 6.54 Å². The van der Waals surface area contributed by atoms with Crippen LogP contribution in [0.25, 0.3) is 0 Å². The Morgan fingerprint density at radius 3 is 3.06 bits per heavy atom. The Morgan fingerprint density at radius 1 is 1.50 bits per heavy atom. The zero-order valence-corrected chi connectivity index (χ0v) is 9.96. The number of hydrogen-bond donors (Lipinski definition) is 1. The van der Waals surface area contributed by atoms with E-state index in [2.05, 4.69) is 17.1 Å². The summed E-state index contributed by atoms with van der Waals surface area (Å²) in [5.41, 5.74) is 1.89. The number of nitrogens with one attached hydrogen (secondary N) is 1. The SMILES string of the molecule is Cc1c(F)cccc1CN1CCNC[C@H]1C. The van der Waals surface area contributed by atoms with Gasteiger partial charge in [-0.3, -0.25) is 4.90 Å². The third kappa shape index (κ3) is 2.42. The molecule has 1 aliphatic heterocycles. The lowest BCUT2D eigenvalue weighted by molar-refractivity contribution is 0.165. The molecule has 2 nitrogen and oxygen atoms in total. The van der Waals surface area contributed by atoms with E-state index in [1.165, 1.54) is 6.07 Å². The summed E-state index contributed by atoms with van der Waals surface area (Å²) in [4.78, 5) is 2.40. The van der Waals surface area contributed by atoms with Crippen LogP contribution in [0, 0.1) is 12.7 Å². The first-order valence-corrected chi connectivity index (χ1v) is 5.87. The van der Waals surface area contributed by atoms with Crippen LogP contribution in [-0.4, -0.2) is 30.6 Å². The predicted molar refractivity (Wildman–Crippen MR) is 63.9 cm³/mol. The summed E-state index contributed by atoms with van der Waals surface area (Å²) in [6.07, 6.45) is 0. The molecule has 1 heterocycles. The first-order chi connectivity index (χ1) is 7.68. The first-order valence-electron chi connectivity index (χ1n) is 5.87. The molecule has 1 aromatic rings. The van der Waals surface area contributed by atoms with Crippen molar-refractivity contribution in [2.75, 3.05) is 19.6 Å². The third-order valence-electron chi connectivity index (χ3n) is 3.39. The van der Waals surface area contributed by atoms with E-state index < -0.39 is 0 Å². The number of halogens is 1. The van der Waals surface area contributed by atoms with Crippen LogP contribution in [0.2, 0.25) is 0 Å². The standard InChI is InChI=1S/C13H19FN2/c1-10-8-15-6-7-16(10)9-12-4-3-5-13(14)11(12)2/h3-5,10,15H,6-9H2,1-2H3/t10-/m1/s1. The molecular weight excluding hydrogens is 203 g/mol. The molecule has 1 aliphatic rings. The summed E-state index contributed by atoms with van der Waals surface area (Å²) < 4.78 is 13.4. The molecule has 0 unspecified atom stereocenters. The molecule has 0 amide bonds. The summed E-state index contributed by atoms with van der Waals surface area (Å²) in [6.45, 7) is 8.01. The van der Waals surface area contributed by atoms with Crippen molar-refractivity contribution in [3.8, 4) is 0 Å². The van der Waals surface area contributed by atoms with Crippen LogP contribution in [0.4, 0.5) is 4.39 Å². The van der Waals surface area contributed by atoms with Gasteiger partial charge < -0.3 is 5.32 Å². The van der Waals surface area contributed by atoms with E-state index in [1.807, 2.05) is 13.0 Å². The van der Waals surface area contributed by atoms with E-state index in [4.69, 9.17) is 0 Å². The summed E-state index contributed by atoms with van der Waals surface area (Å²) in [5, 5.41) is 3.36.